The fourth-order valence-corrected chi connectivity index (χ4v) is 7.62. The van der Waals surface area contributed by atoms with Crippen LogP contribution in [0.2, 0.25) is 0 Å². The first-order valence-corrected chi connectivity index (χ1v) is 23.0. The lowest BCUT2D eigenvalue weighted by Crippen LogP contribution is -2.64. The molecule has 13 heteroatoms. The molecular formula is C41H79O12P. The van der Waals surface area contributed by atoms with Crippen molar-refractivity contribution in [2.75, 3.05) is 19.8 Å². The highest BCUT2D eigenvalue weighted by atomic mass is 31.2. The van der Waals surface area contributed by atoms with Crippen LogP contribution in [-0.2, 0) is 27.9 Å². The molecule has 0 bridgehead atoms. The fraction of sp³-hybridized carbons (Fsp3) is 0.927. The Morgan fingerprint density at radius 1 is 0.574 bits per heavy atom. The number of hydrogen-bond donors (Lipinski definition) is 6. The maximum Gasteiger partial charge on any atom is 0.472 e. The number of esters is 1. The highest BCUT2D eigenvalue weighted by Gasteiger charge is 2.51. The van der Waals surface area contributed by atoms with Crippen molar-refractivity contribution in [3.05, 3.63) is 12.2 Å². The lowest BCUT2D eigenvalue weighted by molar-refractivity contribution is -0.220. The SMILES string of the molecule is CCCCCCCCC/C=C\CCCCCCCCOCC(COP(=O)(O)OC1C(O)C(O)C(O)C(O)C1O)OC(=O)CCCCCCCCCCCC. The van der Waals surface area contributed by atoms with Gasteiger partial charge in [-0.1, -0.05) is 148 Å². The van der Waals surface area contributed by atoms with Gasteiger partial charge in [0.1, 0.15) is 42.7 Å². The Balaban J connectivity index is 2.40. The molecule has 6 atom stereocenters. The average molecular weight is 795 g/mol. The molecule has 1 aliphatic carbocycles. The standard InChI is InChI=1S/C41H79O12P/c1-3-5-7-9-11-13-15-16-17-18-19-20-21-23-25-27-29-31-50-32-34(52-35(42)30-28-26-24-22-14-12-10-8-6-4-2)33-51-54(48,49)53-41-39(46)37(44)36(43)38(45)40(41)47/h17-18,34,36-41,43-47H,3-16,19-33H2,1-2H3,(H,48,49)/b18-17-. The Morgan fingerprint density at radius 3 is 1.46 bits per heavy atom. The van der Waals surface area contributed by atoms with Gasteiger partial charge in [-0.15, -0.1) is 0 Å². The van der Waals surface area contributed by atoms with Crippen molar-refractivity contribution < 1.29 is 58.3 Å². The molecule has 0 aromatic carbocycles. The molecule has 0 aliphatic heterocycles. The van der Waals surface area contributed by atoms with Gasteiger partial charge in [-0.05, 0) is 38.5 Å². The molecule has 1 rings (SSSR count). The molecule has 0 aromatic rings. The van der Waals surface area contributed by atoms with Gasteiger partial charge in [0.2, 0.25) is 0 Å². The third kappa shape index (κ3) is 25.4. The summed E-state index contributed by atoms with van der Waals surface area (Å²) in [6.07, 6.45) is 21.5. The van der Waals surface area contributed by atoms with Crippen molar-refractivity contribution in [2.24, 2.45) is 0 Å². The number of aliphatic hydroxyl groups excluding tert-OH is 5. The van der Waals surface area contributed by atoms with Crippen molar-refractivity contribution >= 4 is 13.8 Å². The summed E-state index contributed by atoms with van der Waals surface area (Å²) >= 11 is 0. The largest absolute Gasteiger partial charge is 0.472 e. The van der Waals surface area contributed by atoms with Gasteiger partial charge >= 0.3 is 13.8 Å². The third-order valence-electron chi connectivity index (χ3n) is 10.1. The van der Waals surface area contributed by atoms with Gasteiger partial charge in [0.05, 0.1) is 13.2 Å². The highest BCUT2D eigenvalue weighted by molar-refractivity contribution is 7.47. The average Bonchev–Trinajstić information content (AvgIpc) is 3.15. The fourth-order valence-electron chi connectivity index (χ4n) is 6.64. The first kappa shape index (κ1) is 51.1. The summed E-state index contributed by atoms with van der Waals surface area (Å²) in [5.74, 6) is -0.480. The minimum absolute atomic E-state index is 0.0761. The molecule has 6 N–H and O–H groups in total. The van der Waals surface area contributed by atoms with Crippen LogP contribution in [0.15, 0.2) is 12.2 Å². The van der Waals surface area contributed by atoms with Gasteiger partial charge in [-0.25, -0.2) is 4.57 Å². The van der Waals surface area contributed by atoms with Crippen molar-refractivity contribution in [1.82, 2.24) is 0 Å². The molecule has 0 aromatic heterocycles. The van der Waals surface area contributed by atoms with E-state index >= 15 is 0 Å². The van der Waals surface area contributed by atoms with E-state index < -0.39 is 63.1 Å². The Kier molecular flexibility index (Phi) is 31.3. The number of ether oxygens (including phenoxy) is 2. The van der Waals surface area contributed by atoms with E-state index in [0.29, 0.717) is 13.0 Å². The number of phosphoric ester groups is 1. The summed E-state index contributed by atoms with van der Waals surface area (Å²) in [6.45, 7) is 4.22. The first-order chi connectivity index (χ1) is 26.0. The number of aliphatic hydroxyl groups is 5. The molecule has 54 heavy (non-hydrogen) atoms. The topological polar surface area (TPSA) is 192 Å². The number of allylic oxidation sites excluding steroid dienone is 2. The van der Waals surface area contributed by atoms with E-state index in [0.717, 1.165) is 51.4 Å². The second kappa shape index (κ2) is 33.1. The van der Waals surface area contributed by atoms with Crippen LogP contribution in [0, 0.1) is 0 Å². The van der Waals surface area contributed by atoms with Gasteiger partial charge < -0.3 is 39.9 Å². The number of rotatable bonds is 36. The minimum Gasteiger partial charge on any atom is -0.457 e. The van der Waals surface area contributed by atoms with E-state index in [4.69, 9.17) is 18.5 Å². The molecule has 0 spiro atoms. The molecule has 0 saturated heterocycles. The lowest BCUT2D eigenvalue weighted by atomic mass is 9.85. The number of carbonyl (C=O) groups is 1. The summed E-state index contributed by atoms with van der Waals surface area (Å²) in [7, 11) is -5.01. The minimum atomic E-state index is -5.01. The van der Waals surface area contributed by atoms with Crippen molar-refractivity contribution in [1.29, 1.82) is 0 Å². The summed E-state index contributed by atoms with van der Waals surface area (Å²) < 4.78 is 34.0. The van der Waals surface area contributed by atoms with E-state index in [2.05, 4.69) is 26.0 Å². The molecule has 1 aliphatic rings. The molecule has 12 nitrogen and oxygen atoms in total. The highest BCUT2D eigenvalue weighted by Crippen LogP contribution is 2.47. The van der Waals surface area contributed by atoms with Crippen LogP contribution in [0.4, 0.5) is 0 Å². The van der Waals surface area contributed by atoms with Crippen LogP contribution in [-0.4, -0.2) is 98.9 Å². The molecular weight excluding hydrogens is 715 g/mol. The molecule has 1 saturated carbocycles. The maximum atomic E-state index is 12.8. The molecule has 6 unspecified atom stereocenters. The van der Waals surface area contributed by atoms with Gasteiger partial charge in [0.15, 0.2) is 0 Å². The second-order valence-electron chi connectivity index (χ2n) is 15.2. The predicted molar refractivity (Wildman–Crippen MR) is 212 cm³/mol. The number of phosphoric acid groups is 1. The van der Waals surface area contributed by atoms with Gasteiger partial charge in [-0.2, -0.15) is 0 Å². The Bertz CT molecular complexity index is 952. The van der Waals surface area contributed by atoms with E-state index in [1.54, 1.807) is 0 Å². The first-order valence-electron chi connectivity index (χ1n) is 21.5. The Hall–Kier alpha value is -0.920. The van der Waals surface area contributed by atoms with Gasteiger partial charge in [0, 0.05) is 13.0 Å². The summed E-state index contributed by atoms with van der Waals surface area (Å²) in [6, 6.07) is 0. The van der Waals surface area contributed by atoms with E-state index in [9.17, 15) is 39.8 Å². The van der Waals surface area contributed by atoms with Crippen molar-refractivity contribution in [3.8, 4) is 0 Å². The van der Waals surface area contributed by atoms with E-state index in [-0.39, 0.29) is 13.0 Å². The van der Waals surface area contributed by atoms with Crippen LogP contribution < -0.4 is 0 Å². The lowest BCUT2D eigenvalue weighted by Gasteiger charge is -2.41. The van der Waals surface area contributed by atoms with Gasteiger partial charge in [-0.3, -0.25) is 13.8 Å². The zero-order valence-corrected chi connectivity index (χ0v) is 34.7. The third-order valence-corrected chi connectivity index (χ3v) is 11.1. The van der Waals surface area contributed by atoms with Gasteiger partial charge in [0.25, 0.3) is 0 Å². The van der Waals surface area contributed by atoms with Crippen LogP contribution in [0.3, 0.4) is 0 Å². The normalized spacial score (nSPS) is 23.5. The molecule has 1 fully saturated rings. The predicted octanol–water partition coefficient (Wildman–Crippen LogP) is 7.97. The van der Waals surface area contributed by atoms with Crippen LogP contribution in [0.1, 0.15) is 181 Å². The zero-order valence-electron chi connectivity index (χ0n) is 33.8. The Morgan fingerprint density at radius 2 is 0.981 bits per heavy atom. The maximum absolute atomic E-state index is 12.8. The van der Waals surface area contributed by atoms with E-state index in [1.807, 2.05) is 0 Å². The van der Waals surface area contributed by atoms with Crippen LogP contribution in [0.5, 0.6) is 0 Å². The number of unbranched alkanes of at least 4 members (excludes halogenated alkanes) is 22. The quantitative estimate of drug-likeness (QED) is 0.0155. The molecule has 320 valence electrons. The van der Waals surface area contributed by atoms with Crippen LogP contribution >= 0.6 is 7.82 Å². The Labute approximate surface area is 327 Å². The van der Waals surface area contributed by atoms with Crippen LogP contribution in [0.25, 0.3) is 0 Å². The molecule has 0 heterocycles. The van der Waals surface area contributed by atoms with Crippen molar-refractivity contribution in [3.63, 3.8) is 0 Å². The molecule has 0 amide bonds. The second-order valence-corrected chi connectivity index (χ2v) is 16.6. The molecule has 0 radical (unpaired) electrons. The smallest absolute Gasteiger partial charge is 0.457 e. The number of carbonyl (C=O) groups excluding carboxylic acids is 1. The van der Waals surface area contributed by atoms with E-state index in [1.165, 1.54) is 103 Å². The van der Waals surface area contributed by atoms with Crippen molar-refractivity contribution in [2.45, 2.75) is 224 Å². The summed E-state index contributed by atoms with van der Waals surface area (Å²) in [4.78, 5) is 23.0. The monoisotopic (exact) mass is 795 g/mol. The summed E-state index contributed by atoms with van der Waals surface area (Å²) in [5.41, 5.74) is 0. The summed E-state index contributed by atoms with van der Waals surface area (Å²) in [5, 5.41) is 50.0. The zero-order chi connectivity index (χ0) is 39.9. The number of hydrogen-bond acceptors (Lipinski definition) is 11.